The van der Waals surface area contributed by atoms with Gasteiger partial charge in [-0.15, -0.1) is 0 Å². The van der Waals surface area contributed by atoms with Crippen molar-refractivity contribution in [3.8, 4) is 0 Å². The Balaban J connectivity index is 1.75. The minimum absolute atomic E-state index is 0.0145. The second-order valence-electron chi connectivity index (χ2n) is 5.79. The van der Waals surface area contributed by atoms with Crippen LogP contribution in [0.15, 0.2) is 48.7 Å². The number of nitrogens with zero attached hydrogens (tertiary/aromatic N) is 1. The molecule has 118 valence electrons. The summed E-state index contributed by atoms with van der Waals surface area (Å²) < 4.78 is 0. The zero-order valence-electron chi connectivity index (χ0n) is 13.3. The highest BCUT2D eigenvalue weighted by molar-refractivity contribution is 5.93. The lowest BCUT2D eigenvalue weighted by atomic mass is 9.99. The molecule has 0 spiro atoms. The number of rotatable bonds is 4. The Hall–Kier alpha value is -2.46. The predicted octanol–water partition coefficient (Wildman–Crippen LogP) is 2.95. The summed E-state index contributed by atoms with van der Waals surface area (Å²) in [6.07, 6.45) is 5.24. The van der Waals surface area contributed by atoms with Crippen molar-refractivity contribution in [1.82, 2.24) is 10.3 Å². The van der Waals surface area contributed by atoms with Crippen LogP contribution < -0.4 is 10.6 Å². The molecular formula is C19H21N3O. The number of carbonyl (C=O) groups is 1. The summed E-state index contributed by atoms with van der Waals surface area (Å²) in [5.74, 6) is -0.0145. The second kappa shape index (κ2) is 7.20. The number of nitrogens with one attached hydrogen (secondary N) is 2. The molecule has 23 heavy (non-hydrogen) atoms. The first-order valence-corrected chi connectivity index (χ1v) is 7.93. The van der Waals surface area contributed by atoms with E-state index in [2.05, 4.69) is 21.7 Å². The molecule has 2 aromatic rings. The van der Waals surface area contributed by atoms with Crippen LogP contribution in [0.25, 0.3) is 5.57 Å². The Morgan fingerprint density at radius 2 is 2.22 bits per heavy atom. The molecule has 1 amide bonds. The maximum Gasteiger partial charge on any atom is 0.228 e. The van der Waals surface area contributed by atoms with E-state index < -0.39 is 0 Å². The minimum atomic E-state index is -0.0145. The van der Waals surface area contributed by atoms with Crippen molar-refractivity contribution in [2.75, 3.05) is 18.4 Å². The van der Waals surface area contributed by atoms with Gasteiger partial charge in [-0.05, 0) is 54.8 Å². The van der Waals surface area contributed by atoms with E-state index in [0.717, 1.165) is 42.0 Å². The Morgan fingerprint density at radius 3 is 3.00 bits per heavy atom. The molecule has 0 atom stereocenters. The van der Waals surface area contributed by atoms with Gasteiger partial charge in [-0.25, -0.2) is 0 Å². The molecule has 0 radical (unpaired) electrons. The lowest BCUT2D eigenvalue weighted by Gasteiger charge is -2.16. The average Bonchev–Trinajstić information content (AvgIpc) is 2.56. The van der Waals surface area contributed by atoms with Crippen LogP contribution in [0.2, 0.25) is 0 Å². The highest BCUT2D eigenvalue weighted by Gasteiger charge is 2.14. The minimum Gasteiger partial charge on any atom is -0.326 e. The van der Waals surface area contributed by atoms with Crippen molar-refractivity contribution >= 4 is 17.2 Å². The summed E-state index contributed by atoms with van der Waals surface area (Å²) in [7, 11) is 0. The molecule has 4 heteroatoms. The fourth-order valence-electron chi connectivity index (χ4n) is 2.81. The molecule has 0 saturated heterocycles. The zero-order chi connectivity index (χ0) is 16.1. The van der Waals surface area contributed by atoms with Crippen LogP contribution in [0.3, 0.4) is 0 Å². The quantitative estimate of drug-likeness (QED) is 0.913. The van der Waals surface area contributed by atoms with Crippen molar-refractivity contribution in [1.29, 1.82) is 0 Å². The van der Waals surface area contributed by atoms with Crippen LogP contribution in [0.5, 0.6) is 0 Å². The number of aromatic nitrogens is 1. The van der Waals surface area contributed by atoms with Gasteiger partial charge < -0.3 is 10.6 Å². The number of anilines is 1. The van der Waals surface area contributed by atoms with Crippen LogP contribution in [0, 0.1) is 6.92 Å². The van der Waals surface area contributed by atoms with Gasteiger partial charge in [0.05, 0.1) is 12.1 Å². The van der Waals surface area contributed by atoms with Crippen LogP contribution >= 0.6 is 0 Å². The molecule has 1 aliphatic rings. The van der Waals surface area contributed by atoms with Crippen LogP contribution in [-0.4, -0.2) is 24.0 Å². The number of pyridine rings is 1. The number of aryl methyl sites for hydroxylation is 1. The molecule has 0 bridgehead atoms. The summed E-state index contributed by atoms with van der Waals surface area (Å²) >= 11 is 0. The molecule has 2 heterocycles. The lowest BCUT2D eigenvalue weighted by molar-refractivity contribution is -0.115. The van der Waals surface area contributed by atoms with Gasteiger partial charge in [-0.3, -0.25) is 9.78 Å². The van der Waals surface area contributed by atoms with E-state index in [1.807, 2.05) is 43.3 Å². The monoisotopic (exact) mass is 307 g/mol. The Morgan fingerprint density at radius 1 is 1.30 bits per heavy atom. The van der Waals surface area contributed by atoms with Gasteiger partial charge >= 0.3 is 0 Å². The Bertz CT molecular complexity index is 737. The summed E-state index contributed by atoms with van der Waals surface area (Å²) in [5.41, 5.74) is 5.12. The maximum absolute atomic E-state index is 12.4. The first kappa shape index (κ1) is 15.4. The van der Waals surface area contributed by atoms with Gasteiger partial charge in [0.15, 0.2) is 0 Å². The van der Waals surface area contributed by atoms with E-state index in [-0.39, 0.29) is 5.91 Å². The Kier molecular flexibility index (Phi) is 4.83. The fourth-order valence-corrected chi connectivity index (χ4v) is 2.81. The summed E-state index contributed by atoms with van der Waals surface area (Å²) in [4.78, 5) is 16.9. The van der Waals surface area contributed by atoms with Gasteiger partial charge in [0, 0.05) is 18.4 Å². The molecule has 0 fully saturated rings. The van der Waals surface area contributed by atoms with Gasteiger partial charge in [0.2, 0.25) is 5.91 Å². The summed E-state index contributed by atoms with van der Waals surface area (Å²) in [5, 5.41) is 6.26. The molecule has 0 saturated carbocycles. The van der Waals surface area contributed by atoms with Crippen molar-refractivity contribution in [2.45, 2.75) is 19.8 Å². The van der Waals surface area contributed by atoms with E-state index in [1.54, 1.807) is 6.20 Å². The van der Waals surface area contributed by atoms with E-state index >= 15 is 0 Å². The first-order chi connectivity index (χ1) is 11.2. The van der Waals surface area contributed by atoms with E-state index in [9.17, 15) is 4.79 Å². The summed E-state index contributed by atoms with van der Waals surface area (Å²) in [6, 6.07) is 11.7. The van der Waals surface area contributed by atoms with Gasteiger partial charge in [-0.2, -0.15) is 0 Å². The largest absolute Gasteiger partial charge is 0.326 e. The molecule has 1 aromatic carbocycles. The zero-order valence-corrected chi connectivity index (χ0v) is 13.3. The molecule has 3 rings (SSSR count). The van der Waals surface area contributed by atoms with Crippen LogP contribution in [0.4, 0.5) is 5.69 Å². The van der Waals surface area contributed by atoms with E-state index in [1.165, 1.54) is 5.57 Å². The topological polar surface area (TPSA) is 54.0 Å². The smallest absolute Gasteiger partial charge is 0.228 e. The highest BCUT2D eigenvalue weighted by Crippen LogP contribution is 2.22. The number of carbonyl (C=O) groups excluding carboxylic acids is 1. The predicted molar refractivity (Wildman–Crippen MR) is 93.2 cm³/mol. The number of amides is 1. The maximum atomic E-state index is 12.4. The first-order valence-electron chi connectivity index (χ1n) is 7.93. The van der Waals surface area contributed by atoms with Crippen molar-refractivity contribution in [3.05, 3.63) is 65.5 Å². The third-order valence-corrected chi connectivity index (χ3v) is 3.91. The van der Waals surface area contributed by atoms with Crippen molar-refractivity contribution in [3.63, 3.8) is 0 Å². The molecule has 2 N–H and O–H groups in total. The SMILES string of the molecule is Cc1cccc(NC(=O)Cc2cccnc2C2=CCNCC2)c1. The van der Waals surface area contributed by atoms with E-state index in [0.29, 0.717) is 6.42 Å². The number of hydrogen-bond acceptors (Lipinski definition) is 3. The summed E-state index contributed by atoms with van der Waals surface area (Å²) in [6.45, 7) is 3.83. The number of benzene rings is 1. The molecule has 1 aliphatic heterocycles. The second-order valence-corrected chi connectivity index (χ2v) is 5.79. The van der Waals surface area contributed by atoms with Gasteiger partial charge in [-0.1, -0.05) is 24.3 Å². The van der Waals surface area contributed by atoms with Crippen LogP contribution in [0.1, 0.15) is 23.2 Å². The number of hydrogen-bond donors (Lipinski definition) is 2. The van der Waals surface area contributed by atoms with Crippen LogP contribution in [-0.2, 0) is 11.2 Å². The van der Waals surface area contributed by atoms with Gasteiger partial charge in [0.1, 0.15) is 0 Å². The third kappa shape index (κ3) is 4.05. The van der Waals surface area contributed by atoms with Crippen molar-refractivity contribution < 1.29 is 4.79 Å². The lowest BCUT2D eigenvalue weighted by Crippen LogP contribution is -2.21. The third-order valence-electron chi connectivity index (χ3n) is 3.91. The highest BCUT2D eigenvalue weighted by atomic mass is 16.1. The molecule has 0 aliphatic carbocycles. The average molecular weight is 307 g/mol. The van der Waals surface area contributed by atoms with E-state index in [4.69, 9.17) is 0 Å². The standard InChI is InChI=1S/C19H21N3O/c1-14-4-2-6-17(12-14)22-18(23)13-16-5-3-9-21-19(16)15-7-10-20-11-8-15/h2-7,9,12,20H,8,10-11,13H2,1H3,(H,22,23). The molecular weight excluding hydrogens is 286 g/mol. The van der Waals surface area contributed by atoms with Gasteiger partial charge in [0.25, 0.3) is 0 Å². The van der Waals surface area contributed by atoms with Crippen molar-refractivity contribution in [2.24, 2.45) is 0 Å². The normalized spacial score (nSPS) is 14.2. The molecule has 1 aromatic heterocycles. The Labute approximate surface area is 136 Å². The molecule has 4 nitrogen and oxygen atoms in total. The fraction of sp³-hybridized carbons (Fsp3) is 0.263. The molecule has 0 unspecified atom stereocenters.